The third-order valence-corrected chi connectivity index (χ3v) is 11.6. The summed E-state index contributed by atoms with van der Waals surface area (Å²) in [5, 5.41) is 22.5. The number of ketones is 1. The number of hydrogen-bond donors (Lipinski definition) is 2. The number of fused-ring (bicyclic) bond motifs is 5. The van der Waals surface area contributed by atoms with Crippen LogP contribution in [0.15, 0.2) is 11.6 Å². The first kappa shape index (κ1) is 30.1. The second-order valence-electron chi connectivity index (χ2n) is 14.0. The predicted molar refractivity (Wildman–Crippen MR) is 146 cm³/mol. The number of carbonyl (C=O) groups is 1. The zero-order chi connectivity index (χ0) is 28.3. The van der Waals surface area contributed by atoms with Crippen LogP contribution in [0, 0.1) is 28.6 Å². The first-order valence-electron chi connectivity index (χ1n) is 14.5. The maximum Gasteiger partial charge on any atom is 0.159 e. The van der Waals surface area contributed by atoms with E-state index in [1.807, 2.05) is 13.0 Å². The zero-order valence-corrected chi connectivity index (χ0v) is 25.1. The van der Waals surface area contributed by atoms with Crippen molar-refractivity contribution in [3.8, 4) is 0 Å². The Balaban J connectivity index is 1.71. The van der Waals surface area contributed by atoms with Crippen molar-refractivity contribution in [3.05, 3.63) is 11.6 Å². The Morgan fingerprint density at radius 1 is 1.00 bits per heavy atom. The third kappa shape index (κ3) is 4.44. The molecular formula is C31H52O7. The number of ether oxygens (including phenoxy) is 4. The highest BCUT2D eigenvalue weighted by Gasteiger charge is 2.70. The first-order chi connectivity index (χ1) is 17.6. The van der Waals surface area contributed by atoms with Crippen LogP contribution >= 0.6 is 0 Å². The Kier molecular flexibility index (Phi) is 8.10. The normalized spacial score (nSPS) is 43.5. The van der Waals surface area contributed by atoms with E-state index in [4.69, 9.17) is 18.9 Å². The van der Waals surface area contributed by atoms with Crippen molar-refractivity contribution in [2.75, 3.05) is 28.4 Å². The summed E-state index contributed by atoms with van der Waals surface area (Å²) in [7, 11) is 6.87. The smallest absolute Gasteiger partial charge is 0.159 e. The molecule has 7 heteroatoms. The fourth-order valence-electron chi connectivity index (χ4n) is 9.54. The molecule has 0 aromatic carbocycles. The highest BCUT2D eigenvalue weighted by atomic mass is 16.5. The van der Waals surface area contributed by atoms with Gasteiger partial charge in [0.05, 0.1) is 35.1 Å². The van der Waals surface area contributed by atoms with Crippen LogP contribution in [0.1, 0.15) is 86.0 Å². The number of allylic oxidation sites excluding steroid dienone is 1. The number of methoxy groups -OCH3 is 4. The number of carbonyl (C=O) groups excluding carboxylic acids is 1. The molecule has 3 fully saturated rings. The lowest BCUT2D eigenvalue weighted by Gasteiger charge is -2.62. The van der Waals surface area contributed by atoms with Crippen LogP contribution in [0.2, 0.25) is 0 Å². The van der Waals surface area contributed by atoms with Gasteiger partial charge in [-0.1, -0.05) is 13.8 Å². The van der Waals surface area contributed by atoms with Gasteiger partial charge in [0, 0.05) is 39.8 Å². The predicted octanol–water partition coefficient (Wildman–Crippen LogP) is 4.47. The molecule has 0 bridgehead atoms. The molecule has 0 aliphatic heterocycles. The summed E-state index contributed by atoms with van der Waals surface area (Å²) in [5.41, 5.74) is -2.05. The summed E-state index contributed by atoms with van der Waals surface area (Å²) in [6.45, 7) is 10.00. The van der Waals surface area contributed by atoms with Crippen LogP contribution in [0.3, 0.4) is 0 Å². The molecule has 0 radical (unpaired) electrons. The van der Waals surface area contributed by atoms with E-state index in [1.54, 1.807) is 42.3 Å². The van der Waals surface area contributed by atoms with Crippen LogP contribution in [-0.4, -0.2) is 79.6 Å². The molecule has 4 rings (SSSR count). The van der Waals surface area contributed by atoms with E-state index >= 15 is 0 Å². The molecule has 3 saturated carbocycles. The van der Waals surface area contributed by atoms with Gasteiger partial charge in [0.25, 0.3) is 0 Å². The van der Waals surface area contributed by atoms with Crippen molar-refractivity contribution in [1.82, 2.24) is 0 Å². The molecule has 7 nitrogen and oxygen atoms in total. The van der Waals surface area contributed by atoms with Crippen molar-refractivity contribution >= 4 is 5.78 Å². The standard InChI is InChI=1S/C31H52O7/c1-27(2,33)13-12-26(37-8)30(5,34)25-11-15-31(38-9)20-16-22(32)21-17-23(35-6)24(36-7)18-28(21,3)19(20)10-14-29(25,31)4/h16,19,21,23-26,33-34H,10-15,17-18H2,1-9H3/t19?,21-,23+,24-,25?,26+,28+,29+,30-,31+/m0/s1. The van der Waals surface area contributed by atoms with Crippen LogP contribution in [0.4, 0.5) is 0 Å². The quantitative estimate of drug-likeness (QED) is 0.449. The van der Waals surface area contributed by atoms with Gasteiger partial charge in [0.2, 0.25) is 0 Å². The summed E-state index contributed by atoms with van der Waals surface area (Å²) in [6, 6.07) is 0. The van der Waals surface area contributed by atoms with Crippen LogP contribution < -0.4 is 0 Å². The van der Waals surface area contributed by atoms with Crippen molar-refractivity contribution in [3.63, 3.8) is 0 Å². The molecule has 0 amide bonds. The molecule has 38 heavy (non-hydrogen) atoms. The van der Waals surface area contributed by atoms with E-state index in [0.29, 0.717) is 19.3 Å². The van der Waals surface area contributed by atoms with Gasteiger partial charge >= 0.3 is 0 Å². The Bertz CT molecular complexity index is 922. The number of aliphatic hydroxyl groups is 2. The molecule has 0 heterocycles. The molecule has 4 aliphatic carbocycles. The Morgan fingerprint density at radius 3 is 2.21 bits per heavy atom. The lowest BCUT2D eigenvalue weighted by Crippen LogP contribution is -2.63. The minimum absolute atomic E-state index is 0.0458. The largest absolute Gasteiger partial charge is 0.390 e. The highest BCUT2D eigenvalue weighted by molar-refractivity contribution is 5.95. The van der Waals surface area contributed by atoms with Crippen LogP contribution in [-0.2, 0) is 23.7 Å². The highest BCUT2D eigenvalue weighted by Crippen LogP contribution is 2.70. The third-order valence-electron chi connectivity index (χ3n) is 11.6. The van der Waals surface area contributed by atoms with Crippen molar-refractivity contribution in [1.29, 1.82) is 0 Å². The summed E-state index contributed by atoms with van der Waals surface area (Å²) in [4.78, 5) is 13.8. The Hall–Kier alpha value is -0.830. The lowest BCUT2D eigenvalue weighted by molar-refractivity contribution is -0.189. The minimum atomic E-state index is -1.12. The SMILES string of the molecule is CO[C@H]1C[C@]2(C)C3CC[C@]4(C)C([C@](C)(O)[C@@H](CCC(C)(C)O)OC)CC[C@@]4(OC)C3=CC(=O)[C@@H]2C[C@H]1OC. The van der Waals surface area contributed by atoms with Crippen molar-refractivity contribution < 1.29 is 34.0 Å². The molecule has 0 spiro atoms. The topological polar surface area (TPSA) is 94.5 Å². The number of hydrogen-bond acceptors (Lipinski definition) is 7. The molecule has 4 aliphatic rings. The molecule has 0 aromatic rings. The fraction of sp³-hybridized carbons (Fsp3) is 0.903. The minimum Gasteiger partial charge on any atom is -0.390 e. The first-order valence-corrected chi connectivity index (χ1v) is 14.5. The van der Waals surface area contributed by atoms with Gasteiger partial charge in [0.1, 0.15) is 0 Å². The van der Waals surface area contributed by atoms with Gasteiger partial charge in [0.15, 0.2) is 5.78 Å². The average Bonchev–Trinajstić information content (AvgIpc) is 3.17. The van der Waals surface area contributed by atoms with Crippen LogP contribution in [0.5, 0.6) is 0 Å². The second-order valence-corrected chi connectivity index (χ2v) is 14.0. The van der Waals surface area contributed by atoms with E-state index in [9.17, 15) is 15.0 Å². The van der Waals surface area contributed by atoms with E-state index < -0.39 is 22.9 Å². The van der Waals surface area contributed by atoms with E-state index in [1.165, 1.54) is 0 Å². The van der Waals surface area contributed by atoms with Gasteiger partial charge in [-0.05, 0) is 101 Å². The maximum atomic E-state index is 13.8. The maximum absolute atomic E-state index is 13.8. The van der Waals surface area contributed by atoms with Gasteiger partial charge in [-0.15, -0.1) is 0 Å². The molecule has 0 aromatic heterocycles. The monoisotopic (exact) mass is 536 g/mol. The van der Waals surface area contributed by atoms with E-state index in [-0.39, 0.29) is 46.6 Å². The fourth-order valence-corrected chi connectivity index (χ4v) is 9.54. The van der Waals surface area contributed by atoms with E-state index in [2.05, 4.69) is 13.8 Å². The van der Waals surface area contributed by atoms with Gasteiger partial charge in [-0.3, -0.25) is 4.79 Å². The summed E-state index contributed by atoms with van der Waals surface area (Å²) >= 11 is 0. The average molecular weight is 537 g/mol. The molecule has 10 atom stereocenters. The van der Waals surface area contributed by atoms with Crippen molar-refractivity contribution in [2.45, 2.75) is 121 Å². The van der Waals surface area contributed by atoms with Crippen molar-refractivity contribution in [2.24, 2.45) is 28.6 Å². The Labute approximate surface area is 229 Å². The van der Waals surface area contributed by atoms with Gasteiger partial charge in [-0.2, -0.15) is 0 Å². The molecule has 2 N–H and O–H groups in total. The molecule has 0 saturated heterocycles. The zero-order valence-electron chi connectivity index (χ0n) is 25.1. The van der Waals surface area contributed by atoms with E-state index in [0.717, 1.165) is 37.7 Å². The number of rotatable bonds is 9. The summed E-state index contributed by atoms with van der Waals surface area (Å²) in [6.07, 6.45) is 7.29. The lowest BCUT2D eigenvalue weighted by atomic mass is 9.45. The van der Waals surface area contributed by atoms with Crippen LogP contribution in [0.25, 0.3) is 0 Å². The van der Waals surface area contributed by atoms with Gasteiger partial charge < -0.3 is 29.2 Å². The molecule has 218 valence electrons. The summed E-state index contributed by atoms with van der Waals surface area (Å²) in [5.74, 6) is 0.211. The second kappa shape index (κ2) is 10.2. The Morgan fingerprint density at radius 2 is 1.66 bits per heavy atom. The summed E-state index contributed by atoms with van der Waals surface area (Å²) < 4.78 is 24.0. The van der Waals surface area contributed by atoms with Gasteiger partial charge in [-0.25, -0.2) is 0 Å². The molecule has 2 unspecified atom stereocenters. The molecular weight excluding hydrogens is 484 g/mol.